The van der Waals surface area contributed by atoms with Gasteiger partial charge in [0.05, 0.1) is 28.0 Å². The Hall–Kier alpha value is -2.83. The fourth-order valence-corrected chi connectivity index (χ4v) is 5.92. The highest BCUT2D eigenvalue weighted by Gasteiger charge is 2.29. The van der Waals surface area contributed by atoms with Crippen LogP contribution in [0.25, 0.3) is 11.0 Å². The number of nitrogens with two attached hydrogens (primary N) is 1. The van der Waals surface area contributed by atoms with Gasteiger partial charge in [-0.3, -0.25) is 14.9 Å². The number of aromatic nitrogens is 3. The number of sulfonamides is 1. The van der Waals surface area contributed by atoms with Gasteiger partial charge in [-0.1, -0.05) is 13.0 Å². The lowest BCUT2D eigenvalue weighted by Crippen LogP contribution is -2.36. The van der Waals surface area contributed by atoms with Crippen molar-refractivity contribution in [3.63, 3.8) is 0 Å². The first kappa shape index (κ1) is 20.4. The SMILES string of the molecule is CCCS(=O)(=O)N1CCc2nc(NC(=O)c3cccc4nc(C(N)=O)[nH]c34)sc2C1. The lowest BCUT2D eigenvalue weighted by atomic mass is 10.2. The molecule has 3 heterocycles. The van der Waals surface area contributed by atoms with Crippen LogP contribution in [0.1, 0.15) is 44.9 Å². The van der Waals surface area contributed by atoms with Crippen molar-refractivity contribution in [3.8, 4) is 0 Å². The predicted octanol–water partition coefficient (Wildman–Crippen LogP) is 1.47. The number of aromatic amines is 1. The van der Waals surface area contributed by atoms with E-state index in [2.05, 4.69) is 20.3 Å². The second-order valence-electron chi connectivity index (χ2n) is 6.89. The number of nitrogens with zero attached hydrogens (tertiary/aromatic N) is 3. The first-order valence-corrected chi connectivity index (χ1v) is 11.8. The zero-order valence-electron chi connectivity index (χ0n) is 16.1. The van der Waals surface area contributed by atoms with E-state index in [0.29, 0.717) is 41.1 Å². The Morgan fingerprint density at radius 2 is 2.13 bits per heavy atom. The van der Waals surface area contributed by atoms with Crippen LogP contribution < -0.4 is 11.1 Å². The molecule has 0 fully saturated rings. The molecule has 0 atom stereocenters. The molecule has 0 spiro atoms. The van der Waals surface area contributed by atoms with Crippen molar-refractivity contribution in [2.45, 2.75) is 26.3 Å². The van der Waals surface area contributed by atoms with Gasteiger partial charge in [-0.15, -0.1) is 11.3 Å². The summed E-state index contributed by atoms with van der Waals surface area (Å²) in [6.45, 7) is 2.49. The molecule has 0 aliphatic carbocycles. The topological polar surface area (TPSA) is 151 Å². The van der Waals surface area contributed by atoms with Gasteiger partial charge in [0.1, 0.15) is 0 Å². The average molecular weight is 449 g/mol. The Kier molecular flexibility index (Phi) is 5.30. The van der Waals surface area contributed by atoms with Crippen molar-refractivity contribution in [2.75, 3.05) is 17.6 Å². The molecule has 12 heteroatoms. The van der Waals surface area contributed by atoms with Gasteiger partial charge in [0.15, 0.2) is 11.0 Å². The van der Waals surface area contributed by atoms with Crippen LogP contribution in [0.15, 0.2) is 18.2 Å². The standard InChI is InChI=1S/C18H20N6O4S2/c1-2-8-30(27,28)24-7-6-11-13(9-24)29-18(21-11)23-17(26)10-4-3-5-12-14(10)22-16(20-12)15(19)25/h3-5H,2,6-9H2,1H3,(H2,19,25)(H,20,22)(H,21,23,26). The maximum absolute atomic E-state index is 12.8. The average Bonchev–Trinajstić information content (AvgIpc) is 3.30. The highest BCUT2D eigenvalue weighted by molar-refractivity contribution is 7.89. The van der Waals surface area contributed by atoms with E-state index in [0.717, 1.165) is 10.6 Å². The third kappa shape index (κ3) is 3.80. The molecule has 3 aromatic rings. The second-order valence-corrected chi connectivity index (χ2v) is 10.1. The lowest BCUT2D eigenvalue weighted by molar-refractivity contribution is 0.0989. The van der Waals surface area contributed by atoms with E-state index in [9.17, 15) is 18.0 Å². The van der Waals surface area contributed by atoms with Crippen LogP contribution in [0, 0.1) is 0 Å². The number of primary amides is 1. The van der Waals surface area contributed by atoms with Crippen molar-refractivity contribution in [2.24, 2.45) is 5.73 Å². The molecule has 1 aliphatic rings. The summed E-state index contributed by atoms with van der Waals surface area (Å²) in [5.74, 6) is -1.04. The zero-order chi connectivity index (χ0) is 21.5. The van der Waals surface area contributed by atoms with Crippen molar-refractivity contribution in [3.05, 3.63) is 40.2 Å². The number of amides is 2. The Labute approximate surface area is 176 Å². The number of carbonyl (C=O) groups excluding carboxylic acids is 2. The molecular formula is C18H20N6O4S2. The minimum absolute atomic E-state index is 0.0247. The number of hydrogen-bond donors (Lipinski definition) is 3. The van der Waals surface area contributed by atoms with Crippen LogP contribution in [0.4, 0.5) is 5.13 Å². The highest BCUT2D eigenvalue weighted by Crippen LogP contribution is 2.30. The van der Waals surface area contributed by atoms with Crippen LogP contribution in [0.2, 0.25) is 0 Å². The Morgan fingerprint density at radius 3 is 2.87 bits per heavy atom. The molecule has 30 heavy (non-hydrogen) atoms. The summed E-state index contributed by atoms with van der Waals surface area (Å²) >= 11 is 1.26. The van der Waals surface area contributed by atoms with Crippen molar-refractivity contribution in [1.82, 2.24) is 19.3 Å². The first-order chi connectivity index (χ1) is 14.3. The maximum atomic E-state index is 12.8. The van der Waals surface area contributed by atoms with Gasteiger partial charge in [0.25, 0.3) is 11.8 Å². The van der Waals surface area contributed by atoms with Gasteiger partial charge in [-0.2, -0.15) is 4.31 Å². The van der Waals surface area contributed by atoms with Crippen LogP contribution in [-0.2, 0) is 23.0 Å². The summed E-state index contributed by atoms with van der Waals surface area (Å²) in [5, 5.41) is 3.16. The minimum Gasteiger partial charge on any atom is -0.363 e. The normalized spacial score (nSPS) is 14.6. The van der Waals surface area contributed by atoms with E-state index >= 15 is 0 Å². The van der Waals surface area contributed by atoms with Gasteiger partial charge < -0.3 is 10.7 Å². The van der Waals surface area contributed by atoms with Crippen LogP contribution in [0.5, 0.6) is 0 Å². The van der Waals surface area contributed by atoms with E-state index in [1.807, 2.05) is 6.92 Å². The van der Waals surface area contributed by atoms with E-state index < -0.39 is 21.8 Å². The van der Waals surface area contributed by atoms with Gasteiger partial charge in [0, 0.05) is 24.4 Å². The van der Waals surface area contributed by atoms with Crippen LogP contribution in [-0.4, -0.2) is 51.8 Å². The van der Waals surface area contributed by atoms with E-state index in [1.165, 1.54) is 15.6 Å². The molecule has 1 aromatic carbocycles. The molecule has 1 aliphatic heterocycles. The van der Waals surface area contributed by atoms with Gasteiger partial charge in [-0.05, 0) is 18.6 Å². The molecule has 0 saturated carbocycles. The number of para-hydroxylation sites is 1. The minimum atomic E-state index is -3.29. The third-order valence-electron chi connectivity index (χ3n) is 4.77. The molecule has 4 N–H and O–H groups in total. The lowest BCUT2D eigenvalue weighted by Gasteiger charge is -2.25. The monoisotopic (exact) mass is 448 g/mol. The van der Waals surface area contributed by atoms with Gasteiger partial charge in [0.2, 0.25) is 10.0 Å². The number of nitrogens with one attached hydrogen (secondary N) is 2. The summed E-state index contributed by atoms with van der Waals surface area (Å²) < 4.78 is 26.1. The molecule has 10 nitrogen and oxygen atoms in total. The van der Waals surface area contributed by atoms with Crippen LogP contribution in [0.3, 0.4) is 0 Å². The summed E-state index contributed by atoms with van der Waals surface area (Å²) in [6.07, 6.45) is 1.06. The fourth-order valence-electron chi connectivity index (χ4n) is 3.35. The molecule has 0 radical (unpaired) electrons. The molecule has 158 valence electrons. The fraction of sp³-hybridized carbons (Fsp3) is 0.333. The zero-order valence-corrected chi connectivity index (χ0v) is 17.8. The van der Waals surface area contributed by atoms with Crippen LogP contribution >= 0.6 is 11.3 Å². The number of rotatable bonds is 6. The second kappa shape index (κ2) is 7.78. The molecule has 4 rings (SSSR count). The molecule has 2 amide bonds. The number of carbonyl (C=O) groups is 2. The number of imidazole rings is 1. The molecule has 2 aromatic heterocycles. The number of hydrogen-bond acceptors (Lipinski definition) is 7. The predicted molar refractivity (Wildman–Crippen MR) is 113 cm³/mol. The van der Waals surface area contributed by atoms with Crippen molar-refractivity contribution < 1.29 is 18.0 Å². The summed E-state index contributed by atoms with van der Waals surface area (Å²) in [7, 11) is -3.29. The van der Waals surface area contributed by atoms with Crippen molar-refractivity contribution in [1.29, 1.82) is 0 Å². The number of thiazole rings is 1. The summed E-state index contributed by atoms with van der Waals surface area (Å²) in [6, 6.07) is 4.93. The quantitative estimate of drug-likeness (QED) is 0.519. The van der Waals surface area contributed by atoms with Gasteiger partial charge >= 0.3 is 0 Å². The van der Waals surface area contributed by atoms with E-state index in [4.69, 9.17) is 5.73 Å². The smallest absolute Gasteiger partial charge is 0.284 e. The number of anilines is 1. The molecule has 0 unspecified atom stereocenters. The van der Waals surface area contributed by atoms with E-state index in [-0.39, 0.29) is 18.1 Å². The van der Waals surface area contributed by atoms with Crippen molar-refractivity contribution >= 4 is 49.3 Å². The Morgan fingerprint density at radius 1 is 1.33 bits per heavy atom. The number of fused-ring (bicyclic) bond motifs is 2. The summed E-state index contributed by atoms with van der Waals surface area (Å²) in [4.78, 5) is 36.3. The molecule has 0 saturated heterocycles. The number of H-pyrrole nitrogens is 1. The first-order valence-electron chi connectivity index (χ1n) is 9.34. The molecule has 0 bridgehead atoms. The third-order valence-corrected chi connectivity index (χ3v) is 7.79. The highest BCUT2D eigenvalue weighted by atomic mass is 32.2. The number of benzene rings is 1. The molecular weight excluding hydrogens is 428 g/mol. The Bertz CT molecular complexity index is 1250. The van der Waals surface area contributed by atoms with Gasteiger partial charge in [-0.25, -0.2) is 18.4 Å². The summed E-state index contributed by atoms with van der Waals surface area (Å²) in [5.41, 5.74) is 7.21. The maximum Gasteiger partial charge on any atom is 0.284 e. The Balaban J connectivity index is 1.56. The van der Waals surface area contributed by atoms with E-state index in [1.54, 1.807) is 18.2 Å². The largest absolute Gasteiger partial charge is 0.363 e.